The highest BCUT2D eigenvalue weighted by Crippen LogP contribution is 2.45. The molecule has 0 unspecified atom stereocenters. The summed E-state index contributed by atoms with van der Waals surface area (Å²) in [5.41, 5.74) is 0. The predicted octanol–water partition coefficient (Wildman–Crippen LogP) is 4.92. The molecule has 0 nitrogen and oxygen atoms in total. The van der Waals surface area contributed by atoms with Gasteiger partial charge in [-0.2, -0.15) is 0 Å². The van der Waals surface area contributed by atoms with Crippen LogP contribution in [0.1, 0.15) is 27.7 Å². The Morgan fingerprint density at radius 3 is 2.05 bits per heavy atom. The second-order valence-corrected chi connectivity index (χ2v) is 12.4. The van der Waals surface area contributed by atoms with Gasteiger partial charge in [0.2, 0.25) is 0 Å². The molecule has 0 atom stereocenters. The van der Waals surface area contributed by atoms with E-state index in [0.29, 0.717) is 5.31 Å². The van der Waals surface area contributed by atoms with E-state index in [-0.39, 0.29) is 0 Å². The van der Waals surface area contributed by atoms with Crippen molar-refractivity contribution in [3.05, 3.63) is 30.3 Å². The van der Waals surface area contributed by atoms with Gasteiger partial charge in [0.25, 0.3) is 0 Å². The van der Waals surface area contributed by atoms with Gasteiger partial charge in [0.05, 0.1) is 8.07 Å². The summed E-state index contributed by atoms with van der Waals surface area (Å²) in [5, 5.41) is 2.18. The lowest BCUT2D eigenvalue weighted by molar-refractivity contribution is 0.462. The van der Waals surface area contributed by atoms with Crippen LogP contribution in [-0.2, 0) is 0 Å². The zero-order chi connectivity index (χ0) is 14.1. The Morgan fingerprint density at radius 2 is 1.58 bits per heavy atom. The van der Waals surface area contributed by atoms with Gasteiger partial charge in [-0.3, -0.25) is 0 Å². The Hall–Kier alpha value is -0.498. The van der Waals surface area contributed by atoms with E-state index in [9.17, 15) is 0 Å². The van der Waals surface area contributed by atoms with Gasteiger partial charge in [0, 0.05) is 0 Å². The summed E-state index contributed by atoms with van der Waals surface area (Å²) in [6.45, 7) is 13.3. The van der Waals surface area contributed by atoms with Crippen LogP contribution < -0.4 is 5.19 Å². The molecule has 104 valence electrons. The van der Waals surface area contributed by atoms with Crippen LogP contribution in [0.2, 0.25) is 36.6 Å². The summed E-state index contributed by atoms with van der Waals surface area (Å²) in [5.74, 6) is 0.792. The molecular weight excluding hydrogens is 243 g/mol. The third kappa shape index (κ3) is 2.99. The van der Waals surface area contributed by atoms with E-state index in [2.05, 4.69) is 64.6 Å². The Bertz CT molecular complexity index is 403. The molecule has 0 saturated carbocycles. The topological polar surface area (TPSA) is 0 Å². The van der Waals surface area contributed by atoms with Crippen molar-refractivity contribution < 1.29 is 0 Å². The van der Waals surface area contributed by atoms with Crippen molar-refractivity contribution in [3.63, 3.8) is 0 Å². The molecule has 0 N–H and O–H groups in total. The number of hydrogen-bond donors (Lipinski definition) is 0. The van der Waals surface area contributed by atoms with Crippen LogP contribution in [0.15, 0.2) is 30.3 Å². The van der Waals surface area contributed by atoms with Crippen molar-refractivity contribution in [1.29, 1.82) is 0 Å². The summed E-state index contributed by atoms with van der Waals surface area (Å²) in [6.07, 6.45) is 2.89. The van der Waals surface area contributed by atoms with Gasteiger partial charge in [-0.25, -0.2) is 0 Å². The summed E-state index contributed by atoms with van der Waals surface area (Å²) in [6, 6.07) is 14.3. The van der Waals surface area contributed by atoms with Gasteiger partial charge in [-0.05, 0) is 5.92 Å². The van der Waals surface area contributed by atoms with E-state index >= 15 is 0 Å². The van der Waals surface area contributed by atoms with Crippen molar-refractivity contribution in [3.8, 4) is 0 Å². The molecule has 1 aliphatic heterocycles. The van der Waals surface area contributed by atoms with Crippen molar-refractivity contribution >= 4 is 20.0 Å². The maximum Gasteiger partial charge on any atom is 0.145 e. The van der Waals surface area contributed by atoms with Crippen LogP contribution in [0.25, 0.3) is 0 Å². The van der Waals surface area contributed by atoms with E-state index < -0.39 is 8.07 Å². The Morgan fingerprint density at radius 1 is 1.05 bits per heavy atom. The molecule has 2 heteroatoms. The van der Waals surface area contributed by atoms with E-state index in [1.807, 2.05) is 0 Å². The fraction of sp³-hybridized carbons (Fsp3) is 0.647. The molecule has 0 aromatic heterocycles. The minimum Gasteiger partial charge on any atom is -0.0758 e. The molecule has 1 aromatic carbocycles. The normalized spacial score (nSPS) is 19.8. The highest BCUT2D eigenvalue weighted by atomic mass is 28.3. The lowest BCUT2D eigenvalue weighted by Crippen LogP contribution is -2.50. The summed E-state index contributed by atoms with van der Waals surface area (Å²) in [7, 11) is -1.17. The lowest BCUT2D eigenvalue weighted by Gasteiger charge is -2.43. The third-order valence-corrected chi connectivity index (χ3v) is 10.6. The quantitative estimate of drug-likeness (QED) is 0.685. The van der Waals surface area contributed by atoms with Gasteiger partial charge >= 0.3 is 0 Å². The second kappa shape index (κ2) is 5.48. The van der Waals surface area contributed by atoms with E-state index in [0.717, 1.165) is 12.6 Å². The van der Waals surface area contributed by atoms with Gasteiger partial charge < -0.3 is 0 Å². The first-order valence-corrected chi connectivity index (χ1v) is 10.8. The highest BCUT2D eigenvalue weighted by Gasteiger charge is 2.42. The summed E-state index contributed by atoms with van der Waals surface area (Å²) < 4.78 is 0. The minimum absolute atomic E-state index is 0.506. The predicted molar refractivity (Wildman–Crippen MR) is 91.6 cm³/mol. The Balaban J connectivity index is 2.07. The molecule has 0 aliphatic carbocycles. The SMILES string of the molecule is CC(C)C(C)(C)B1CC[Si](C)(c2ccccc2)CC1. The molecule has 1 aromatic rings. The van der Waals surface area contributed by atoms with Crippen LogP contribution in [-0.4, -0.2) is 14.8 Å². The van der Waals surface area contributed by atoms with Crippen LogP contribution in [0.4, 0.5) is 0 Å². The molecule has 0 amide bonds. The molecule has 1 aliphatic rings. The largest absolute Gasteiger partial charge is 0.145 e. The fourth-order valence-corrected chi connectivity index (χ4v) is 7.40. The van der Waals surface area contributed by atoms with Crippen LogP contribution in [0, 0.1) is 5.92 Å². The summed E-state index contributed by atoms with van der Waals surface area (Å²) >= 11 is 0. The average molecular weight is 272 g/mol. The van der Waals surface area contributed by atoms with Crippen LogP contribution in [0.3, 0.4) is 0 Å². The van der Waals surface area contributed by atoms with Gasteiger partial charge in [-0.1, -0.05) is 99.8 Å². The average Bonchev–Trinajstić information content (AvgIpc) is 2.40. The Labute approximate surface area is 121 Å². The molecule has 2 rings (SSSR count). The molecule has 19 heavy (non-hydrogen) atoms. The van der Waals surface area contributed by atoms with Gasteiger partial charge in [-0.15, -0.1) is 0 Å². The number of hydrogen-bond acceptors (Lipinski definition) is 0. The Kier molecular flexibility index (Phi) is 4.29. The molecule has 1 fully saturated rings. The van der Waals surface area contributed by atoms with Crippen molar-refractivity contribution in [2.24, 2.45) is 5.92 Å². The molecule has 0 radical (unpaired) electrons. The van der Waals surface area contributed by atoms with Crippen LogP contribution >= 0.6 is 0 Å². The summed E-state index contributed by atoms with van der Waals surface area (Å²) in [4.78, 5) is 0. The van der Waals surface area contributed by atoms with E-state index in [1.165, 1.54) is 24.7 Å². The fourth-order valence-electron chi connectivity index (χ4n) is 3.60. The molecule has 0 spiro atoms. The molecule has 1 heterocycles. The third-order valence-electron chi connectivity index (χ3n) is 6.10. The standard InChI is InChI=1S/C17H29BSi/c1-15(2)17(3,4)18-11-13-19(5,14-12-18)16-9-7-6-8-10-16/h6-10,15H,11-14H2,1-5H3. The zero-order valence-corrected chi connectivity index (χ0v) is 14.4. The van der Waals surface area contributed by atoms with Crippen molar-refractivity contribution in [2.75, 3.05) is 0 Å². The van der Waals surface area contributed by atoms with E-state index in [4.69, 9.17) is 0 Å². The maximum atomic E-state index is 2.60. The van der Waals surface area contributed by atoms with Gasteiger partial charge in [0.15, 0.2) is 0 Å². The van der Waals surface area contributed by atoms with Gasteiger partial charge in [0.1, 0.15) is 6.71 Å². The highest BCUT2D eigenvalue weighted by molar-refractivity contribution is 6.93. The second-order valence-electron chi connectivity index (χ2n) is 7.68. The smallest absolute Gasteiger partial charge is 0.0758 e. The molecular formula is C17H29BSi. The maximum absolute atomic E-state index is 2.60. The van der Waals surface area contributed by atoms with Crippen molar-refractivity contribution in [1.82, 2.24) is 0 Å². The first-order chi connectivity index (χ1) is 8.86. The lowest BCUT2D eigenvalue weighted by atomic mass is 9.29. The first kappa shape index (κ1) is 14.9. The number of rotatable bonds is 3. The van der Waals surface area contributed by atoms with Crippen molar-refractivity contribution in [2.45, 2.75) is 64.3 Å². The van der Waals surface area contributed by atoms with Crippen LogP contribution in [0.5, 0.6) is 0 Å². The monoisotopic (exact) mass is 272 g/mol. The first-order valence-electron chi connectivity index (χ1n) is 7.92. The number of benzene rings is 1. The molecule has 0 bridgehead atoms. The zero-order valence-electron chi connectivity index (χ0n) is 13.4. The molecule has 1 saturated heterocycles. The minimum atomic E-state index is -1.17. The van der Waals surface area contributed by atoms with E-state index in [1.54, 1.807) is 5.19 Å².